The first-order valence-corrected chi connectivity index (χ1v) is 13.1. The van der Waals surface area contributed by atoms with Crippen molar-refractivity contribution in [2.45, 2.75) is 77.6 Å². The van der Waals surface area contributed by atoms with Crippen molar-refractivity contribution in [3.8, 4) is 11.5 Å². The fraction of sp³-hybridized carbons (Fsp3) is 0.567. The normalized spacial score (nSPS) is 26.4. The number of esters is 1. The molecule has 4 rings (SSSR count). The summed E-state index contributed by atoms with van der Waals surface area (Å²) >= 11 is 0. The fourth-order valence-electron chi connectivity index (χ4n) is 6.11. The van der Waals surface area contributed by atoms with E-state index in [2.05, 4.69) is 37.3 Å². The SMILES string of the molecule is CCOc1ccc(OC(=O)C2CCC(C3CCC(C[C@H](C)c4ccccc4)CC3)CC2)cc1. The maximum Gasteiger partial charge on any atom is 0.314 e. The summed E-state index contributed by atoms with van der Waals surface area (Å²) in [4.78, 5) is 12.7. The average Bonchev–Trinajstić information content (AvgIpc) is 2.86. The van der Waals surface area contributed by atoms with Gasteiger partial charge >= 0.3 is 5.97 Å². The number of rotatable bonds is 8. The van der Waals surface area contributed by atoms with E-state index >= 15 is 0 Å². The molecule has 0 aromatic heterocycles. The lowest BCUT2D eigenvalue weighted by atomic mass is 9.68. The third-order valence-corrected chi connectivity index (χ3v) is 8.07. The van der Waals surface area contributed by atoms with Crippen LogP contribution in [0.15, 0.2) is 54.6 Å². The Bertz CT molecular complexity index is 844. The minimum atomic E-state index is -0.0591. The van der Waals surface area contributed by atoms with Crippen LogP contribution in [0.2, 0.25) is 0 Å². The van der Waals surface area contributed by atoms with Crippen molar-refractivity contribution < 1.29 is 14.3 Å². The molecule has 3 heteroatoms. The Morgan fingerprint density at radius 3 is 2.00 bits per heavy atom. The summed E-state index contributed by atoms with van der Waals surface area (Å²) in [5.74, 6) is 4.60. The van der Waals surface area contributed by atoms with E-state index in [1.54, 1.807) is 0 Å². The van der Waals surface area contributed by atoms with E-state index in [0.717, 1.165) is 36.3 Å². The zero-order valence-electron chi connectivity index (χ0n) is 20.4. The van der Waals surface area contributed by atoms with Crippen molar-refractivity contribution in [2.75, 3.05) is 6.61 Å². The highest BCUT2D eigenvalue weighted by Gasteiger charge is 2.34. The van der Waals surface area contributed by atoms with Gasteiger partial charge in [-0.25, -0.2) is 0 Å². The Balaban J connectivity index is 1.17. The fourth-order valence-corrected chi connectivity index (χ4v) is 6.11. The van der Waals surface area contributed by atoms with Crippen LogP contribution in [-0.2, 0) is 4.79 Å². The molecule has 178 valence electrons. The number of benzene rings is 2. The molecule has 2 fully saturated rings. The highest BCUT2D eigenvalue weighted by atomic mass is 16.5. The summed E-state index contributed by atoms with van der Waals surface area (Å²) in [7, 11) is 0. The predicted molar refractivity (Wildman–Crippen MR) is 134 cm³/mol. The summed E-state index contributed by atoms with van der Waals surface area (Å²) in [6.07, 6.45) is 11.1. The molecule has 0 bridgehead atoms. The second kappa shape index (κ2) is 11.7. The molecule has 0 amide bonds. The average molecular weight is 449 g/mol. The summed E-state index contributed by atoms with van der Waals surface area (Å²) in [5.41, 5.74) is 1.48. The van der Waals surface area contributed by atoms with Crippen LogP contribution in [0.5, 0.6) is 11.5 Å². The molecule has 0 N–H and O–H groups in total. The van der Waals surface area contributed by atoms with E-state index in [0.29, 0.717) is 18.3 Å². The van der Waals surface area contributed by atoms with Gasteiger partial charge in [-0.15, -0.1) is 0 Å². The first-order chi connectivity index (χ1) is 16.1. The molecule has 0 saturated heterocycles. The standard InChI is InChI=1S/C30H40O3/c1-3-32-28-17-19-29(20-18-28)33-30(31)27-15-13-26(14-16-27)25-11-9-23(10-12-25)21-22(2)24-7-5-4-6-8-24/h4-8,17-20,22-23,25-27H,3,9-16,21H2,1-2H3/t22-,23?,25?,26?,27?/m0/s1. The van der Waals surface area contributed by atoms with Gasteiger partial charge in [-0.05, 0) is 105 Å². The van der Waals surface area contributed by atoms with Gasteiger partial charge in [0.1, 0.15) is 11.5 Å². The number of ether oxygens (including phenoxy) is 2. The minimum absolute atomic E-state index is 0.0517. The number of hydrogen-bond donors (Lipinski definition) is 0. The lowest BCUT2D eigenvalue weighted by molar-refractivity contribution is -0.140. The van der Waals surface area contributed by atoms with Crippen LogP contribution < -0.4 is 9.47 Å². The van der Waals surface area contributed by atoms with E-state index in [-0.39, 0.29) is 11.9 Å². The van der Waals surface area contributed by atoms with Crippen LogP contribution in [0.25, 0.3) is 0 Å². The monoisotopic (exact) mass is 448 g/mol. The molecule has 3 nitrogen and oxygen atoms in total. The molecule has 0 radical (unpaired) electrons. The molecule has 2 aromatic carbocycles. The molecule has 2 aliphatic carbocycles. The van der Waals surface area contributed by atoms with Crippen molar-refractivity contribution in [1.29, 1.82) is 0 Å². The molecule has 33 heavy (non-hydrogen) atoms. The Kier molecular flexibility index (Phi) is 8.47. The Morgan fingerprint density at radius 2 is 1.39 bits per heavy atom. The number of carbonyl (C=O) groups is 1. The zero-order valence-corrected chi connectivity index (χ0v) is 20.4. The topological polar surface area (TPSA) is 35.5 Å². The quantitative estimate of drug-likeness (QED) is 0.305. The Morgan fingerprint density at radius 1 is 0.818 bits per heavy atom. The number of hydrogen-bond acceptors (Lipinski definition) is 3. The maximum atomic E-state index is 12.7. The predicted octanol–water partition coefficient (Wildman–Crippen LogP) is 7.80. The van der Waals surface area contributed by atoms with Gasteiger partial charge in [-0.3, -0.25) is 4.79 Å². The van der Waals surface area contributed by atoms with Crippen molar-refractivity contribution in [3.05, 3.63) is 60.2 Å². The number of carbonyl (C=O) groups excluding carboxylic acids is 1. The van der Waals surface area contributed by atoms with Gasteiger partial charge in [-0.1, -0.05) is 50.1 Å². The van der Waals surface area contributed by atoms with Crippen LogP contribution in [-0.4, -0.2) is 12.6 Å². The largest absolute Gasteiger partial charge is 0.494 e. The molecule has 0 spiro atoms. The summed E-state index contributed by atoms with van der Waals surface area (Å²) in [6, 6.07) is 18.3. The molecule has 0 heterocycles. The highest BCUT2D eigenvalue weighted by molar-refractivity contribution is 5.75. The van der Waals surface area contributed by atoms with Crippen molar-refractivity contribution >= 4 is 5.97 Å². The van der Waals surface area contributed by atoms with Crippen LogP contribution in [0.4, 0.5) is 0 Å². The minimum Gasteiger partial charge on any atom is -0.494 e. The second-order valence-corrected chi connectivity index (χ2v) is 10.3. The molecule has 0 aliphatic heterocycles. The summed E-state index contributed by atoms with van der Waals surface area (Å²) in [6.45, 7) is 4.98. The van der Waals surface area contributed by atoms with E-state index in [4.69, 9.17) is 9.47 Å². The van der Waals surface area contributed by atoms with Gasteiger partial charge in [0.2, 0.25) is 0 Å². The van der Waals surface area contributed by atoms with E-state index in [1.807, 2.05) is 31.2 Å². The van der Waals surface area contributed by atoms with Gasteiger partial charge in [0, 0.05) is 0 Å². The molecule has 2 aromatic rings. The van der Waals surface area contributed by atoms with Gasteiger partial charge in [0.25, 0.3) is 0 Å². The van der Waals surface area contributed by atoms with Crippen molar-refractivity contribution in [2.24, 2.45) is 23.7 Å². The summed E-state index contributed by atoms with van der Waals surface area (Å²) < 4.78 is 11.1. The van der Waals surface area contributed by atoms with E-state index in [9.17, 15) is 4.79 Å². The highest BCUT2D eigenvalue weighted by Crippen LogP contribution is 2.43. The molecular formula is C30H40O3. The third-order valence-electron chi connectivity index (χ3n) is 8.07. The lowest BCUT2D eigenvalue weighted by Crippen LogP contribution is -2.30. The maximum absolute atomic E-state index is 12.7. The van der Waals surface area contributed by atoms with E-state index < -0.39 is 0 Å². The van der Waals surface area contributed by atoms with Crippen molar-refractivity contribution in [3.63, 3.8) is 0 Å². The van der Waals surface area contributed by atoms with Gasteiger partial charge in [0.15, 0.2) is 0 Å². The Labute approximate surface area is 199 Å². The van der Waals surface area contributed by atoms with Crippen LogP contribution in [0.1, 0.15) is 83.1 Å². The lowest BCUT2D eigenvalue weighted by Gasteiger charge is -2.38. The van der Waals surface area contributed by atoms with E-state index in [1.165, 1.54) is 50.5 Å². The van der Waals surface area contributed by atoms with Crippen LogP contribution in [0, 0.1) is 23.7 Å². The van der Waals surface area contributed by atoms with Gasteiger partial charge in [-0.2, -0.15) is 0 Å². The van der Waals surface area contributed by atoms with Gasteiger partial charge in [0.05, 0.1) is 12.5 Å². The first kappa shape index (κ1) is 23.9. The molecule has 0 unspecified atom stereocenters. The Hall–Kier alpha value is -2.29. The molecular weight excluding hydrogens is 408 g/mol. The molecule has 2 saturated carbocycles. The third kappa shape index (κ3) is 6.62. The second-order valence-electron chi connectivity index (χ2n) is 10.3. The summed E-state index contributed by atoms with van der Waals surface area (Å²) in [5, 5.41) is 0. The van der Waals surface area contributed by atoms with Crippen LogP contribution in [0.3, 0.4) is 0 Å². The smallest absolute Gasteiger partial charge is 0.314 e. The molecule has 2 aliphatic rings. The van der Waals surface area contributed by atoms with Gasteiger partial charge < -0.3 is 9.47 Å². The van der Waals surface area contributed by atoms with Crippen LogP contribution >= 0.6 is 0 Å². The van der Waals surface area contributed by atoms with Crippen molar-refractivity contribution in [1.82, 2.24) is 0 Å². The first-order valence-electron chi connectivity index (χ1n) is 13.1. The zero-order chi connectivity index (χ0) is 23.0. The molecule has 1 atom stereocenters.